The van der Waals surface area contributed by atoms with Crippen molar-refractivity contribution in [1.29, 1.82) is 0 Å². The lowest BCUT2D eigenvalue weighted by atomic mass is 10.1. The van der Waals surface area contributed by atoms with Crippen LogP contribution in [0.4, 0.5) is 5.69 Å². The molecule has 3 aromatic carbocycles. The van der Waals surface area contributed by atoms with Gasteiger partial charge in [0.05, 0.1) is 17.7 Å². The van der Waals surface area contributed by atoms with E-state index in [2.05, 4.69) is 5.32 Å². The van der Waals surface area contributed by atoms with Crippen LogP contribution in [0.25, 0.3) is 10.8 Å². The van der Waals surface area contributed by atoms with Gasteiger partial charge in [0.2, 0.25) is 5.91 Å². The molecule has 0 saturated heterocycles. The second-order valence-corrected chi connectivity index (χ2v) is 9.00. The summed E-state index contributed by atoms with van der Waals surface area (Å²) in [5.41, 5.74) is 1.58. The molecule has 3 aromatic rings. The quantitative estimate of drug-likeness (QED) is 0.678. The normalized spacial score (nSPS) is 15.3. The summed E-state index contributed by atoms with van der Waals surface area (Å²) in [5, 5.41) is 4.42. The third kappa shape index (κ3) is 3.53. The van der Waals surface area contributed by atoms with Crippen LogP contribution in [-0.2, 0) is 21.2 Å². The minimum atomic E-state index is -3.74. The highest BCUT2D eigenvalue weighted by Crippen LogP contribution is 2.41. The smallest absolute Gasteiger partial charge is 0.265 e. The van der Waals surface area contributed by atoms with Gasteiger partial charge in [-0.05, 0) is 48.6 Å². The van der Waals surface area contributed by atoms with Gasteiger partial charge < -0.3 is 10.1 Å². The van der Waals surface area contributed by atoms with E-state index in [0.29, 0.717) is 17.5 Å². The molecule has 4 rings (SSSR count). The molecule has 0 bridgehead atoms. The third-order valence-corrected chi connectivity index (χ3v) is 6.85. The first-order valence-corrected chi connectivity index (χ1v) is 10.8. The van der Waals surface area contributed by atoms with E-state index in [0.717, 1.165) is 16.7 Å². The summed E-state index contributed by atoms with van der Waals surface area (Å²) in [7, 11) is -2.13. The highest BCUT2D eigenvalue weighted by atomic mass is 32.2. The van der Waals surface area contributed by atoms with Crippen molar-refractivity contribution >= 4 is 32.4 Å². The van der Waals surface area contributed by atoms with Gasteiger partial charge in [0.1, 0.15) is 12.3 Å². The van der Waals surface area contributed by atoms with Gasteiger partial charge >= 0.3 is 0 Å². The molecule has 0 spiro atoms. The van der Waals surface area contributed by atoms with Crippen LogP contribution in [0, 0.1) is 0 Å². The van der Waals surface area contributed by atoms with Gasteiger partial charge in [-0.15, -0.1) is 0 Å². The largest absolute Gasteiger partial charge is 0.497 e. The van der Waals surface area contributed by atoms with Crippen molar-refractivity contribution in [3.05, 3.63) is 66.2 Å². The van der Waals surface area contributed by atoms with Crippen LogP contribution in [0.2, 0.25) is 0 Å². The fourth-order valence-corrected chi connectivity index (χ4v) is 5.45. The summed E-state index contributed by atoms with van der Waals surface area (Å²) < 4.78 is 32.4. The molecule has 6 nitrogen and oxygen atoms in total. The molecule has 1 atom stereocenters. The first-order valence-electron chi connectivity index (χ1n) is 9.37. The molecule has 150 valence electrons. The van der Waals surface area contributed by atoms with Crippen molar-refractivity contribution in [3.63, 3.8) is 0 Å². The predicted molar refractivity (Wildman–Crippen MR) is 113 cm³/mol. The number of amides is 1. The second-order valence-electron chi connectivity index (χ2n) is 7.17. The fraction of sp³-hybridized carbons (Fsp3) is 0.227. The monoisotopic (exact) mass is 410 g/mol. The first-order chi connectivity index (χ1) is 13.9. The SMILES string of the molecule is COc1cccc(CC(C)NC(=O)CN2c3cccc4cccc(c34)S2(=O)=O)c1. The topological polar surface area (TPSA) is 75.7 Å². The number of ether oxygens (including phenoxy) is 1. The van der Waals surface area contributed by atoms with Gasteiger partial charge in [-0.3, -0.25) is 9.10 Å². The van der Waals surface area contributed by atoms with Gasteiger partial charge in [-0.1, -0.05) is 36.4 Å². The third-order valence-electron chi connectivity index (χ3n) is 5.05. The number of anilines is 1. The maximum Gasteiger partial charge on any atom is 0.265 e. The molecule has 1 aliphatic rings. The van der Waals surface area contributed by atoms with E-state index < -0.39 is 10.0 Å². The second kappa shape index (κ2) is 7.40. The fourth-order valence-electron chi connectivity index (χ4n) is 3.78. The van der Waals surface area contributed by atoms with Crippen molar-refractivity contribution < 1.29 is 17.9 Å². The van der Waals surface area contributed by atoms with Crippen molar-refractivity contribution in [2.45, 2.75) is 24.3 Å². The summed E-state index contributed by atoms with van der Waals surface area (Å²) >= 11 is 0. The molecule has 7 heteroatoms. The van der Waals surface area contributed by atoms with Crippen LogP contribution in [0.3, 0.4) is 0 Å². The Hall–Kier alpha value is -3.06. The van der Waals surface area contributed by atoms with E-state index >= 15 is 0 Å². The van der Waals surface area contributed by atoms with E-state index in [1.54, 1.807) is 31.4 Å². The summed E-state index contributed by atoms with van der Waals surface area (Å²) in [6, 6.07) is 18.1. The molecule has 1 N–H and O–H groups in total. The lowest BCUT2D eigenvalue weighted by molar-refractivity contribution is -0.120. The summed E-state index contributed by atoms with van der Waals surface area (Å²) in [4.78, 5) is 12.9. The van der Waals surface area contributed by atoms with Crippen LogP contribution in [0.1, 0.15) is 12.5 Å². The minimum Gasteiger partial charge on any atom is -0.497 e. The number of hydrogen-bond acceptors (Lipinski definition) is 4. The number of carbonyl (C=O) groups is 1. The van der Waals surface area contributed by atoms with Gasteiger partial charge in [-0.2, -0.15) is 0 Å². The van der Waals surface area contributed by atoms with Gasteiger partial charge in [0.15, 0.2) is 0 Å². The van der Waals surface area contributed by atoms with Gasteiger partial charge in [0, 0.05) is 11.4 Å². The molecule has 0 aromatic heterocycles. The number of nitrogens with one attached hydrogen (secondary N) is 1. The predicted octanol–water partition coefficient (Wildman–Crippen LogP) is 3.10. The zero-order valence-corrected chi connectivity index (χ0v) is 17.1. The van der Waals surface area contributed by atoms with Crippen LogP contribution in [0.15, 0.2) is 65.6 Å². The van der Waals surface area contributed by atoms with Gasteiger partial charge in [0.25, 0.3) is 10.0 Å². The zero-order valence-electron chi connectivity index (χ0n) is 16.3. The summed E-state index contributed by atoms with van der Waals surface area (Å²) in [5.74, 6) is 0.420. The molecular formula is C22H22N2O4S. The van der Waals surface area contributed by atoms with Crippen LogP contribution in [0.5, 0.6) is 5.75 Å². The molecule has 1 heterocycles. The molecule has 0 aliphatic carbocycles. The number of hydrogen-bond donors (Lipinski definition) is 1. The van der Waals surface area contributed by atoms with Crippen molar-refractivity contribution in [3.8, 4) is 5.75 Å². The van der Waals surface area contributed by atoms with Crippen molar-refractivity contribution in [2.75, 3.05) is 18.0 Å². The molecule has 1 amide bonds. The Kier molecular flexibility index (Phi) is 4.92. The van der Waals surface area contributed by atoms with Crippen LogP contribution < -0.4 is 14.4 Å². The van der Waals surface area contributed by atoms with Gasteiger partial charge in [-0.25, -0.2) is 8.42 Å². The van der Waals surface area contributed by atoms with E-state index in [4.69, 9.17) is 4.74 Å². The van der Waals surface area contributed by atoms with E-state index in [9.17, 15) is 13.2 Å². The number of sulfonamides is 1. The number of methoxy groups -OCH3 is 1. The lowest BCUT2D eigenvalue weighted by Gasteiger charge is -2.20. The number of rotatable bonds is 6. The molecular weight excluding hydrogens is 388 g/mol. The molecule has 1 unspecified atom stereocenters. The van der Waals surface area contributed by atoms with E-state index in [-0.39, 0.29) is 23.4 Å². The maximum atomic E-state index is 13.0. The Balaban J connectivity index is 1.49. The summed E-state index contributed by atoms with van der Waals surface area (Å²) in [6.07, 6.45) is 0.617. The highest BCUT2D eigenvalue weighted by molar-refractivity contribution is 7.93. The Morgan fingerprint density at radius 3 is 2.59 bits per heavy atom. The molecule has 1 aliphatic heterocycles. The Morgan fingerprint density at radius 2 is 1.83 bits per heavy atom. The molecule has 29 heavy (non-hydrogen) atoms. The van der Waals surface area contributed by atoms with Crippen molar-refractivity contribution in [1.82, 2.24) is 5.32 Å². The van der Waals surface area contributed by atoms with Crippen LogP contribution >= 0.6 is 0 Å². The zero-order chi connectivity index (χ0) is 20.6. The highest BCUT2D eigenvalue weighted by Gasteiger charge is 2.36. The molecule has 0 fully saturated rings. The lowest BCUT2D eigenvalue weighted by Crippen LogP contribution is -2.42. The molecule has 0 radical (unpaired) electrons. The van der Waals surface area contributed by atoms with E-state index in [1.807, 2.05) is 43.3 Å². The average molecular weight is 410 g/mol. The number of benzene rings is 3. The average Bonchev–Trinajstić information content (AvgIpc) is 2.91. The Bertz CT molecular complexity index is 1190. The van der Waals surface area contributed by atoms with E-state index in [1.165, 1.54) is 4.31 Å². The standard InChI is InChI=1S/C22H22N2O4S/c1-15(12-16-6-3-9-18(13-16)28-2)23-21(25)14-24-19-10-4-7-17-8-5-11-20(22(17)19)29(24,26)27/h3-11,13,15H,12,14H2,1-2H3,(H,23,25). The number of carbonyl (C=O) groups excluding carboxylic acids is 1. The maximum absolute atomic E-state index is 13.0. The Morgan fingerprint density at radius 1 is 1.10 bits per heavy atom. The summed E-state index contributed by atoms with van der Waals surface area (Å²) in [6.45, 7) is 1.64. The number of nitrogens with zero attached hydrogens (tertiary/aromatic N) is 1. The van der Waals surface area contributed by atoms with Crippen LogP contribution in [-0.4, -0.2) is 34.0 Å². The molecule has 0 saturated carbocycles. The minimum absolute atomic E-state index is 0.155. The van der Waals surface area contributed by atoms with Crippen molar-refractivity contribution in [2.24, 2.45) is 0 Å². The first kappa shape index (κ1) is 19.3. The Labute approximate surface area is 170 Å².